The first-order valence-corrected chi connectivity index (χ1v) is 6.76. The predicted molar refractivity (Wildman–Crippen MR) is 66.9 cm³/mol. The Labute approximate surface area is 108 Å². The number of nitrogens with one attached hydrogen (secondary N) is 1. The van der Waals surface area contributed by atoms with E-state index in [1.165, 1.54) is 7.11 Å². The topological polar surface area (TPSA) is 58.6 Å². The largest absolute Gasteiger partial charge is 0.468 e. The van der Waals surface area contributed by atoms with Crippen molar-refractivity contribution in [3.8, 4) is 0 Å². The fourth-order valence-corrected chi connectivity index (χ4v) is 2.51. The molecule has 18 heavy (non-hydrogen) atoms. The van der Waals surface area contributed by atoms with Gasteiger partial charge in [-0.1, -0.05) is 0 Å². The summed E-state index contributed by atoms with van der Waals surface area (Å²) in [4.78, 5) is 25.7. The minimum absolute atomic E-state index is 0.0991. The van der Waals surface area contributed by atoms with Crippen molar-refractivity contribution in [2.24, 2.45) is 5.92 Å². The summed E-state index contributed by atoms with van der Waals surface area (Å²) >= 11 is 0. The van der Waals surface area contributed by atoms with E-state index >= 15 is 0 Å². The number of carbonyl (C=O) groups is 2. The standard InChI is InChI=1S/C13H22N2O3/c1-9(12(16)15-7-3-4-8-15)14-11(10-5-6-10)13(17)18-2/h9-11,14H,3-8H2,1-2H3. The van der Waals surface area contributed by atoms with Crippen LogP contribution in [-0.2, 0) is 14.3 Å². The maximum absolute atomic E-state index is 12.1. The fourth-order valence-electron chi connectivity index (χ4n) is 2.51. The van der Waals surface area contributed by atoms with E-state index in [0.717, 1.165) is 38.8 Å². The van der Waals surface area contributed by atoms with E-state index in [0.29, 0.717) is 5.92 Å². The number of nitrogens with zero attached hydrogens (tertiary/aromatic N) is 1. The molecule has 2 atom stereocenters. The van der Waals surface area contributed by atoms with Gasteiger partial charge in [0, 0.05) is 13.1 Å². The predicted octanol–water partition coefficient (Wildman–Crippen LogP) is 0.539. The molecule has 1 amide bonds. The molecule has 1 N–H and O–H groups in total. The van der Waals surface area contributed by atoms with Crippen molar-refractivity contribution in [3.05, 3.63) is 0 Å². The molecule has 1 aliphatic heterocycles. The van der Waals surface area contributed by atoms with Crippen molar-refractivity contribution in [3.63, 3.8) is 0 Å². The van der Waals surface area contributed by atoms with Crippen molar-refractivity contribution < 1.29 is 14.3 Å². The van der Waals surface area contributed by atoms with Gasteiger partial charge in [0.15, 0.2) is 0 Å². The second-order valence-corrected chi connectivity index (χ2v) is 5.26. The van der Waals surface area contributed by atoms with Crippen LogP contribution in [0, 0.1) is 5.92 Å². The Morgan fingerprint density at radius 3 is 2.39 bits per heavy atom. The van der Waals surface area contributed by atoms with Crippen molar-refractivity contribution in [1.82, 2.24) is 10.2 Å². The number of hydrogen-bond acceptors (Lipinski definition) is 4. The lowest BCUT2D eigenvalue weighted by Crippen LogP contribution is -2.51. The molecule has 2 fully saturated rings. The van der Waals surface area contributed by atoms with Crippen LogP contribution in [0.25, 0.3) is 0 Å². The number of rotatable bonds is 5. The molecule has 0 bridgehead atoms. The van der Waals surface area contributed by atoms with Gasteiger partial charge in [-0.3, -0.25) is 14.9 Å². The molecular weight excluding hydrogens is 232 g/mol. The van der Waals surface area contributed by atoms with E-state index in [1.807, 2.05) is 11.8 Å². The molecule has 2 unspecified atom stereocenters. The Morgan fingerprint density at radius 1 is 1.28 bits per heavy atom. The molecule has 102 valence electrons. The maximum Gasteiger partial charge on any atom is 0.323 e. The molecule has 1 heterocycles. The van der Waals surface area contributed by atoms with E-state index in [2.05, 4.69) is 5.32 Å². The summed E-state index contributed by atoms with van der Waals surface area (Å²) in [6, 6.07) is -0.635. The third kappa shape index (κ3) is 3.02. The van der Waals surface area contributed by atoms with Crippen LogP contribution in [-0.4, -0.2) is 49.1 Å². The molecular formula is C13H22N2O3. The summed E-state index contributed by atoms with van der Waals surface area (Å²) in [6.07, 6.45) is 4.25. The lowest BCUT2D eigenvalue weighted by Gasteiger charge is -2.24. The highest BCUT2D eigenvalue weighted by molar-refractivity contribution is 5.83. The first kappa shape index (κ1) is 13.3. The van der Waals surface area contributed by atoms with Gasteiger partial charge in [0.2, 0.25) is 5.91 Å². The van der Waals surface area contributed by atoms with Crippen molar-refractivity contribution in [2.75, 3.05) is 20.2 Å². The molecule has 0 aromatic rings. The van der Waals surface area contributed by atoms with Crippen LogP contribution in [0.5, 0.6) is 0 Å². The van der Waals surface area contributed by atoms with E-state index in [1.54, 1.807) is 0 Å². The summed E-state index contributed by atoms with van der Waals surface area (Å²) in [5, 5.41) is 3.14. The normalized spacial score (nSPS) is 22.7. The molecule has 5 heteroatoms. The van der Waals surface area contributed by atoms with Gasteiger partial charge in [0.1, 0.15) is 6.04 Å². The summed E-state index contributed by atoms with van der Waals surface area (Å²) in [7, 11) is 1.40. The molecule has 1 saturated heterocycles. The Hall–Kier alpha value is -1.10. The molecule has 0 spiro atoms. The van der Waals surface area contributed by atoms with Crippen molar-refractivity contribution in [1.29, 1.82) is 0 Å². The Balaban J connectivity index is 1.89. The minimum atomic E-state index is -0.323. The van der Waals surface area contributed by atoms with Gasteiger partial charge in [0.25, 0.3) is 0 Å². The van der Waals surface area contributed by atoms with E-state index in [-0.39, 0.29) is 24.0 Å². The number of ether oxygens (including phenoxy) is 1. The van der Waals surface area contributed by atoms with Crippen LogP contribution in [0.3, 0.4) is 0 Å². The average molecular weight is 254 g/mol. The lowest BCUT2D eigenvalue weighted by atomic mass is 10.1. The zero-order valence-corrected chi connectivity index (χ0v) is 11.1. The third-order valence-corrected chi connectivity index (χ3v) is 3.77. The highest BCUT2D eigenvalue weighted by Crippen LogP contribution is 2.33. The van der Waals surface area contributed by atoms with Crippen LogP contribution >= 0.6 is 0 Å². The number of hydrogen-bond donors (Lipinski definition) is 1. The number of methoxy groups -OCH3 is 1. The minimum Gasteiger partial charge on any atom is -0.468 e. The molecule has 0 radical (unpaired) electrons. The molecule has 0 aromatic heterocycles. The van der Waals surface area contributed by atoms with Crippen LogP contribution in [0.1, 0.15) is 32.6 Å². The van der Waals surface area contributed by atoms with Crippen LogP contribution in [0.4, 0.5) is 0 Å². The summed E-state index contributed by atoms with van der Waals surface area (Å²) in [5.41, 5.74) is 0. The average Bonchev–Trinajstić information content (AvgIpc) is 3.07. The second kappa shape index (κ2) is 5.69. The van der Waals surface area contributed by atoms with Gasteiger partial charge in [-0.05, 0) is 38.5 Å². The second-order valence-electron chi connectivity index (χ2n) is 5.26. The SMILES string of the molecule is COC(=O)C(NC(C)C(=O)N1CCCC1)C1CC1. The van der Waals surface area contributed by atoms with Gasteiger partial charge in [0.05, 0.1) is 13.2 Å². The van der Waals surface area contributed by atoms with Gasteiger partial charge in [-0.15, -0.1) is 0 Å². The highest BCUT2D eigenvalue weighted by atomic mass is 16.5. The number of amides is 1. The van der Waals surface area contributed by atoms with Gasteiger partial charge < -0.3 is 9.64 Å². The van der Waals surface area contributed by atoms with Crippen LogP contribution in [0.15, 0.2) is 0 Å². The maximum atomic E-state index is 12.1. The zero-order valence-electron chi connectivity index (χ0n) is 11.1. The van der Waals surface area contributed by atoms with Crippen LogP contribution in [0.2, 0.25) is 0 Å². The Bertz CT molecular complexity index is 322. The lowest BCUT2D eigenvalue weighted by molar-refractivity contribution is -0.144. The van der Waals surface area contributed by atoms with E-state index in [4.69, 9.17) is 4.74 Å². The molecule has 2 aliphatic rings. The zero-order chi connectivity index (χ0) is 13.1. The number of esters is 1. The van der Waals surface area contributed by atoms with Gasteiger partial charge in [-0.25, -0.2) is 0 Å². The summed E-state index contributed by atoms with van der Waals surface area (Å²) in [5.74, 6) is 0.187. The molecule has 2 rings (SSSR count). The van der Waals surface area contributed by atoms with Gasteiger partial charge >= 0.3 is 5.97 Å². The Morgan fingerprint density at radius 2 is 1.89 bits per heavy atom. The van der Waals surface area contributed by atoms with Crippen molar-refractivity contribution >= 4 is 11.9 Å². The number of carbonyl (C=O) groups excluding carboxylic acids is 2. The van der Waals surface area contributed by atoms with Gasteiger partial charge in [-0.2, -0.15) is 0 Å². The van der Waals surface area contributed by atoms with Crippen LogP contribution < -0.4 is 5.32 Å². The molecule has 5 nitrogen and oxygen atoms in total. The van der Waals surface area contributed by atoms with Crippen molar-refractivity contribution in [2.45, 2.75) is 44.7 Å². The Kier molecular flexibility index (Phi) is 4.22. The third-order valence-electron chi connectivity index (χ3n) is 3.77. The first-order chi connectivity index (χ1) is 8.63. The summed E-state index contributed by atoms with van der Waals surface area (Å²) < 4.78 is 4.79. The monoisotopic (exact) mass is 254 g/mol. The quantitative estimate of drug-likeness (QED) is 0.727. The molecule has 1 saturated carbocycles. The summed E-state index contributed by atoms with van der Waals surface area (Å²) in [6.45, 7) is 3.52. The smallest absolute Gasteiger partial charge is 0.323 e. The fraction of sp³-hybridized carbons (Fsp3) is 0.846. The number of likely N-dealkylation sites (tertiary alicyclic amines) is 1. The highest BCUT2D eigenvalue weighted by Gasteiger charge is 2.39. The van der Waals surface area contributed by atoms with E-state index < -0.39 is 0 Å². The van der Waals surface area contributed by atoms with E-state index in [9.17, 15) is 9.59 Å². The molecule has 1 aliphatic carbocycles. The first-order valence-electron chi connectivity index (χ1n) is 6.76. The molecule has 0 aromatic carbocycles.